The second-order valence-electron chi connectivity index (χ2n) is 8.42. The van der Waals surface area contributed by atoms with Crippen LogP contribution in [0.25, 0.3) is 11.2 Å². The number of anilines is 1. The third-order valence-corrected chi connectivity index (χ3v) is 7.61. The Balaban J connectivity index is 1.68. The average Bonchev–Trinajstić information content (AvgIpc) is 3.15. The number of nitrogen functional groups attached to an aromatic ring is 1. The number of Topliss-reactive ketones (excluding diaryl/α,β-unsaturated/α-hetero) is 1. The first kappa shape index (κ1) is 26.1. The topological polar surface area (TPSA) is 154 Å². The van der Waals surface area contributed by atoms with E-state index in [4.69, 9.17) is 26.6 Å². The maximum atomic E-state index is 13.6. The van der Waals surface area contributed by atoms with Gasteiger partial charge < -0.3 is 19.6 Å². The van der Waals surface area contributed by atoms with Gasteiger partial charge >= 0.3 is 0 Å². The first-order valence-corrected chi connectivity index (χ1v) is 12.7. The summed E-state index contributed by atoms with van der Waals surface area (Å²) in [6.07, 6.45) is 1.16. The lowest BCUT2D eigenvalue weighted by Gasteiger charge is -2.29. The van der Waals surface area contributed by atoms with Gasteiger partial charge in [0.15, 0.2) is 11.2 Å². The lowest BCUT2D eigenvalue weighted by Crippen LogP contribution is -2.44. The van der Waals surface area contributed by atoms with Crippen LogP contribution in [0.2, 0.25) is 5.02 Å². The van der Waals surface area contributed by atoms with Crippen molar-refractivity contribution in [2.24, 2.45) is 0 Å². The average molecular weight is 511 g/mol. The highest BCUT2D eigenvalue weighted by Gasteiger charge is 2.35. The van der Waals surface area contributed by atoms with Crippen molar-refractivity contribution in [3.63, 3.8) is 0 Å². The van der Waals surface area contributed by atoms with Gasteiger partial charge in [-0.15, -0.1) is 0 Å². The Morgan fingerprint density at radius 2 is 2.12 bits per heavy atom. The first-order valence-electron chi connectivity index (χ1n) is 10.5. The number of aromatic amines is 1. The summed E-state index contributed by atoms with van der Waals surface area (Å²) in [5.74, 6) is -0.224. The van der Waals surface area contributed by atoms with Crippen LogP contribution in [0.15, 0.2) is 29.3 Å². The maximum Gasteiger partial charge on any atom is 0.296 e. The Labute approximate surface area is 201 Å². The maximum absolute atomic E-state index is 13.6. The van der Waals surface area contributed by atoms with Gasteiger partial charge in [-0.1, -0.05) is 23.7 Å². The smallest absolute Gasteiger partial charge is 0.296 e. The highest BCUT2D eigenvalue weighted by Crippen LogP contribution is 2.45. The summed E-state index contributed by atoms with van der Waals surface area (Å²) >= 11 is 6.17. The molecule has 2 aromatic heterocycles. The van der Waals surface area contributed by atoms with E-state index < -0.39 is 18.6 Å². The highest BCUT2D eigenvalue weighted by molar-refractivity contribution is 7.56. The third kappa shape index (κ3) is 6.31. The van der Waals surface area contributed by atoms with Gasteiger partial charge in [-0.05, 0) is 44.9 Å². The largest absolute Gasteiger partial charge is 0.369 e. The molecular formula is C21H28ClN6O5P. The van der Waals surface area contributed by atoms with Gasteiger partial charge in [-0.3, -0.25) is 19.1 Å². The van der Waals surface area contributed by atoms with Gasteiger partial charge in [0.2, 0.25) is 5.95 Å². The van der Waals surface area contributed by atoms with Crippen molar-refractivity contribution < 1.29 is 18.6 Å². The van der Waals surface area contributed by atoms with E-state index in [1.807, 2.05) is 19.1 Å². The number of nitrogens with two attached hydrogens (primary N) is 1. The van der Waals surface area contributed by atoms with Gasteiger partial charge in [-0.2, -0.15) is 4.98 Å². The SMILES string of the molecule is CC(=O)C(C)(C)NP(=O)(COCCn1cnc2c(=O)[nH]c(N)nc21)OCc1ccc(C)c(Cl)c1. The van der Waals surface area contributed by atoms with Crippen LogP contribution in [-0.4, -0.2) is 43.8 Å². The van der Waals surface area contributed by atoms with Crippen LogP contribution in [0.4, 0.5) is 5.95 Å². The summed E-state index contributed by atoms with van der Waals surface area (Å²) < 4.78 is 26.6. The number of hydrogen-bond donors (Lipinski definition) is 3. The fourth-order valence-corrected chi connectivity index (χ4v) is 5.14. The number of H-pyrrole nitrogens is 1. The Morgan fingerprint density at radius 1 is 1.38 bits per heavy atom. The number of benzene rings is 1. The molecule has 0 saturated heterocycles. The molecule has 0 saturated carbocycles. The van der Waals surface area contributed by atoms with Crippen LogP contribution in [0.3, 0.4) is 0 Å². The van der Waals surface area contributed by atoms with Gasteiger partial charge in [0, 0.05) is 11.6 Å². The minimum Gasteiger partial charge on any atom is -0.369 e. The fraction of sp³-hybridized carbons (Fsp3) is 0.429. The van der Waals surface area contributed by atoms with E-state index in [9.17, 15) is 14.2 Å². The van der Waals surface area contributed by atoms with Gasteiger partial charge in [0.25, 0.3) is 13.1 Å². The number of carbonyl (C=O) groups is 1. The molecule has 13 heteroatoms. The molecule has 0 radical (unpaired) electrons. The molecule has 1 atom stereocenters. The number of rotatable bonds is 11. The highest BCUT2D eigenvalue weighted by atomic mass is 35.5. The van der Waals surface area contributed by atoms with E-state index in [1.165, 1.54) is 13.3 Å². The number of aromatic nitrogens is 4. The summed E-state index contributed by atoms with van der Waals surface area (Å²) in [7, 11) is -3.61. The molecule has 0 aliphatic carbocycles. The van der Waals surface area contributed by atoms with Crippen molar-refractivity contribution in [2.45, 2.75) is 46.4 Å². The molecule has 184 valence electrons. The molecule has 2 heterocycles. The summed E-state index contributed by atoms with van der Waals surface area (Å²) in [4.78, 5) is 34.4. The Hall–Kier alpha value is -2.56. The summed E-state index contributed by atoms with van der Waals surface area (Å²) in [6, 6.07) is 5.41. The van der Waals surface area contributed by atoms with Crippen molar-refractivity contribution >= 4 is 42.0 Å². The Morgan fingerprint density at radius 3 is 2.79 bits per heavy atom. The Bertz CT molecular complexity index is 1300. The standard InChI is InChI=1S/C21H28ClN6O5P/c1-13-5-6-15(9-16(13)22)10-33-34(31,27-21(3,4)14(2)29)12-32-8-7-28-11-24-17-18(28)25-20(23)26-19(17)30/h5-6,9,11H,7-8,10,12H2,1-4H3,(H,27,31)(H3,23,25,26,30). The predicted octanol–water partition coefficient (Wildman–Crippen LogP) is 3.00. The van der Waals surface area contributed by atoms with Crippen LogP contribution >= 0.6 is 19.1 Å². The van der Waals surface area contributed by atoms with Crippen LogP contribution in [0.1, 0.15) is 31.9 Å². The molecule has 3 rings (SSSR count). The monoisotopic (exact) mass is 510 g/mol. The number of fused-ring (bicyclic) bond motifs is 1. The second-order valence-corrected chi connectivity index (χ2v) is 10.9. The number of aryl methyl sites for hydroxylation is 1. The van der Waals surface area contributed by atoms with Gasteiger partial charge in [0.05, 0.1) is 25.1 Å². The van der Waals surface area contributed by atoms with Crippen molar-refractivity contribution in [3.8, 4) is 0 Å². The number of ketones is 1. The molecule has 3 aromatic rings. The molecule has 34 heavy (non-hydrogen) atoms. The predicted molar refractivity (Wildman–Crippen MR) is 130 cm³/mol. The molecule has 0 bridgehead atoms. The number of nitrogens with one attached hydrogen (secondary N) is 2. The quantitative estimate of drug-likeness (QED) is 0.261. The molecule has 0 fully saturated rings. The first-order chi connectivity index (χ1) is 15.9. The van der Waals surface area contributed by atoms with Crippen molar-refractivity contribution in [1.29, 1.82) is 0 Å². The molecule has 1 aromatic carbocycles. The van der Waals surface area contributed by atoms with Crippen LogP contribution in [0.5, 0.6) is 0 Å². The zero-order valence-corrected chi connectivity index (χ0v) is 21.1. The number of hydrogen-bond acceptors (Lipinski definition) is 8. The molecular weight excluding hydrogens is 483 g/mol. The lowest BCUT2D eigenvalue weighted by molar-refractivity contribution is -0.121. The number of imidazole rings is 1. The van der Waals surface area contributed by atoms with E-state index in [2.05, 4.69) is 20.0 Å². The number of nitrogens with zero attached hydrogens (tertiary/aromatic N) is 3. The van der Waals surface area contributed by atoms with Gasteiger partial charge in [0.1, 0.15) is 12.1 Å². The molecule has 0 spiro atoms. The van der Waals surface area contributed by atoms with E-state index in [1.54, 1.807) is 24.5 Å². The third-order valence-electron chi connectivity index (χ3n) is 5.24. The fourth-order valence-electron chi connectivity index (χ4n) is 2.99. The summed E-state index contributed by atoms with van der Waals surface area (Å²) in [6.45, 7) is 6.94. The van der Waals surface area contributed by atoms with Crippen LogP contribution in [0, 0.1) is 6.92 Å². The van der Waals surface area contributed by atoms with E-state index in [-0.39, 0.29) is 43.4 Å². The molecule has 11 nitrogen and oxygen atoms in total. The molecule has 0 aliphatic heterocycles. The minimum absolute atomic E-state index is 0.0136. The van der Waals surface area contributed by atoms with Crippen LogP contribution in [-0.2, 0) is 31.8 Å². The van der Waals surface area contributed by atoms with E-state index >= 15 is 0 Å². The summed E-state index contributed by atoms with van der Waals surface area (Å²) in [5.41, 5.74) is 6.20. The van der Waals surface area contributed by atoms with E-state index in [0.29, 0.717) is 10.7 Å². The normalized spacial score (nSPS) is 13.8. The number of ether oxygens (including phenoxy) is 1. The zero-order chi connectivity index (χ0) is 25.1. The van der Waals surface area contributed by atoms with E-state index in [0.717, 1.165) is 11.1 Å². The van der Waals surface area contributed by atoms with Gasteiger partial charge in [-0.25, -0.2) is 10.1 Å². The number of carbonyl (C=O) groups excluding carboxylic acids is 1. The zero-order valence-electron chi connectivity index (χ0n) is 19.4. The lowest BCUT2D eigenvalue weighted by atomic mass is 10.0. The van der Waals surface area contributed by atoms with Crippen LogP contribution < -0.4 is 16.4 Å². The Kier molecular flexibility index (Phi) is 7.95. The second kappa shape index (κ2) is 10.4. The van der Waals surface area contributed by atoms with Crippen molar-refractivity contribution in [1.82, 2.24) is 24.6 Å². The minimum atomic E-state index is -3.61. The van der Waals surface area contributed by atoms with Crippen molar-refractivity contribution in [2.75, 3.05) is 18.7 Å². The number of halogens is 1. The summed E-state index contributed by atoms with van der Waals surface area (Å²) in [5, 5.41) is 3.41. The van der Waals surface area contributed by atoms with Crippen molar-refractivity contribution in [3.05, 3.63) is 51.0 Å². The molecule has 0 amide bonds. The molecule has 0 aliphatic rings. The molecule has 4 N–H and O–H groups in total. The molecule has 1 unspecified atom stereocenters.